The first-order chi connectivity index (χ1) is 16.9. The number of benzene rings is 3. The summed E-state index contributed by atoms with van der Waals surface area (Å²) in [6.07, 6.45) is 3.62. The van der Waals surface area contributed by atoms with Crippen LogP contribution in [0.4, 0.5) is 0 Å². The number of hydrogen-bond donors (Lipinski definition) is 3. The van der Waals surface area contributed by atoms with Gasteiger partial charge in [0.2, 0.25) is 0 Å². The zero-order valence-corrected chi connectivity index (χ0v) is 21.1. The van der Waals surface area contributed by atoms with Crippen molar-refractivity contribution in [2.45, 2.75) is 50.6 Å². The van der Waals surface area contributed by atoms with Gasteiger partial charge in [-0.25, -0.2) is 9.86 Å². The van der Waals surface area contributed by atoms with Crippen LogP contribution in [-0.2, 0) is 22.2 Å². The van der Waals surface area contributed by atoms with Crippen LogP contribution in [0.2, 0.25) is 0 Å². The Morgan fingerprint density at radius 3 is 2.29 bits per heavy atom. The van der Waals surface area contributed by atoms with Gasteiger partial charge >= 0.3 is 0 Å². The van der Waals surface area contributed by atoms with E-state index < -0.39 is 10.2 Å². The predicted octanol–water partition coefficient (Wildman–Crippen LogP) is 4.52. The van der Waals surface area contributed by atoms with Crippen LogP contribution in [0.5, 0.6) is 5.75 Å². The van der Waals surface area contributed by atoms with Crippen LogP contribution in [0, 0.1) is 0 Å². The molecule has 186 valence electrons. The quantitative estimate of drug-likeness (QED) is 0.387. The first-order valence-electron chi connectivity index (χ1n) is 12.3. The average Bonchev–Trinajstić information content (AvgIpc) is 2.88. The van der Waals surface area contributed by atoms with Crippen molar-refractivity contribution < 1.29 is 13.2 Å². The van der Waals surface area contributed by atoms with Gasteiger partial charge < -0.3 is 10.1 Å². The third kappa shape index (κ3) is 6.92. The molecule has 1 saturated carbocycles. The van der Waals surface area contributed by atoms with E-state index in [9.17, 15) is 8.42 Å². The fourth-order valence-electron chi connectivity index (χ4n) is 4.97. The second-order valence-corrected chi connectivity index (χ2v) is 10.7. The lowest BCUT2D eigenvalue weighted by Crippen LogP contribution is -2.47. The third-order valence-electron chi connectivity index (χ3n) is 6.97. The van der Waals surface area contributed by atoms with Crippen molar-refractivity contribution in [3.63, 3.8) is 0 Å². The van der Waals surface area contributed by atoms with Gasteiger partial charge in [-0.2, -0.15) is 8.42 Å². The molecule has 1 aliphatic rings. The zero-order chi connectivity index (χ0) is 24.7. The maximum Gasteiger partial charge on any atom is 0.274 e. The molecule has 0 heterocycles. The molecular weight excluding hydrogens is 458 g/mol. The summed E-state index contributed by atoms with van der Waals surface area (Å²) in [5.74, 6) is 0.805. The van der Waals surface area contributed by atoms with E-state index in [0.29, 0.717) is 12.6 Å². The summed E-state index contributed by atoms with van der Waals surface area (Å²) in [5, 5.41) is 8.98. The van der Waals surface area contributed by atoms with Gasteiger partial charge in [-0.05, 0) is 67.0 Å². The Labute approximate surface area is 209 Å². The fourth-order valence-corrected chi connectivity index (χ4v) is 5.45. The molecule has 0 bridgehead atoms. The molecule has 3 aromatic rings. The fraction of sp³-hybridized carbons (Fsp3) is 0.357. The molecule has 0 spiro atoms. The highest BCUT2D eigenvalue weighted by molar-refractivity contribution is 7.87. The van der Waals surface area contributed by atoms with Crippen LogP contribution in [0.3, 0.4) is 0 Å². The van der Waals surface area contributed by atoms with Gasteiger partial charge in [0.1, 0.15) is 5.75 Å². The van der Waals surface area contributed by atoms with Crippen molar-refractivity contribution in [2.24, 2.45) is 5.14 Å². The maximum atomic E-state index is 11.7. The van der Waals surface area contributed by atoms with Gasteiger partial charge in [0.05, 0.1) is 6.61 Å². The summed E-state index contributed by atoms with van der Waals surface area (Å²) in [5.41, 5.74) is 4.47. The molecular formula is C28H35N3O3S. The van der Waals surface area contributed by atoms with E-state index in [4.69, 9.17) is 9.88 Å². The molecule has 0 unspecified atom stereocenters. The molecule has 0 aliphatic heterocycles. The smallest absolute Gasteiger partial charge is 0.274 e. The molecule has 4 rings (SSSR count). The van der Waals surface area contributed by atoms with Crippen LogP contribution < -0.4 is 19.9 Å². The van der Waals surface area contributed by atoms with Gasteiger partial charge in [-0.3, -0.25) is 0 Å². The van der Waals surface area contributed by atoms with Gasteiger partial charge in [0, 0.05) is 24.5 Å². The van der Waals surface area contributed by atoms with Crippen molar-refractivity contribution in [1.82, 2.24) is 10.0 Å². The van der Waals surface area contributed by atoms with Crippen molar-refractivity contribution in [2.75, 3.05) is 13.2 Å². The maximum absolute atomic E-state index is 11.7. The molecule has 35 heavy (non-hydrogen) atoms. The van der Waals surface area contributed by atoms with E-state index in [1.54, 1.807) is 0 Å². The Kier molecular flexibility index (Phi) is 8.23. The summed E-state index contributed by atoms with van der Waals surface area (Å²) in [7, 11) is -3.77. The van der Waals surface area contributed by atoms with E-state index in [1.807, 2.05) is 31.2 Å². The number of nitrogens with two attached hydrogens (primary N) is 1. The van der Waals surface area contributed by atoms with Crippen LogP contribution in [-0.4, -0.2) is 27.6 Å². The third-order valence-corrected chi connectivity index (χ3v) is 7.51. The standard InChI is InChI=1S/C28H35N3O3S/c1-2-34-27-10-6-9-25(19-27)28(21-31-35(29,32)33)17-15-26(16-18-28)30-20-22-11-13-24(14-12-22)23-7-4-3-5-8-23/h3-14,19,26,30-31H,2,15-18,20-21H2,1H3,(H2,29,32,33). The van der Waals surface area contributed by atoms with Gasteiger partial charge in [0.25, 0.3) is 10.2 Å². The lowest BCUT2D eigenvalue weighted by Gasteiger charge is -2.41. The van der Waals surface area contributed by atoms with Crippen LogP contribution in [0.1, 0.15) is 43.7 Å². The van der Waals surface area contributed by atoms with Crippen LogP contribution in [0.25, 0.3) is 11.1 Å². The lowest BCUT2D eigenvalue weighted by molar-refractivity contribution is 0.244. The number of hydrogen-bond acceptors (Lipinski definition) is 4. The normalized spacial score (nSPS) is 20.5. The Morgan fingerprint density at radius 2 is 1.63 bits per heavy atom. The summed E-state index contributed by atoms with van der Waals surface area (Å²) in [6, 6.07) is 27.5. The van der Waals surface area contributed by atoms with E-state index in [-0.39, 0.29) is 12.0 Å². The van der Waals surface area contributed by atoms with Gasteiger partial charge in [-0.1, -0.05) is 66.7 Å². The molecule has 1 fully saturated rings. The van der Waals surface area contributed by atoms with E-state index in [0.717, 1.165) is 43.5 Å². The minimum atomic E-state index is -3.77. The largest absolute Gasteiger partial charge is 0.494 e. The lowest BCUT2D eigenvalue weighted by atomic mass is 9.68. The molecule has 6 nitrogen and oxygen atoms in total. The van der Waals surface area contributed by atoms with Crippen molar-refractivity contribution in [3.05, 3.63) is 90.0 Å². The number of ether oxygens (including phenoxy) is 1. The summed E-state index contributed by atoms with van der Waals surface area (Å²) in [6.45, 7) is 3.64. The molecule has 0 amide bonds. The predicted molar refractivity (Wildman–Crippen MR) is 141 cm³/mol. The summed E-state index contributed by atoms with van der Waals surface area (Å²) < 4.78 is 31.6. The highest BCUT2D eigenvalue weighted by Crippen LogP contribution is 2.40. The Balaban J connectivity index is 1.39. The minimum Gasteiger partial charge on any atom is -0.494 e. The highest BCUT2D eigenvalue weighted by Gasteiger charge is 2.37. The van der Waals surface area contributed by atoms with Crippen LogP contribution >= 0.6 is 0 Å². The average molecular weight is 494 g/mol. The topological polar surface area (TPSA) is 93.4 Å². The van der Waals surface area contributed by atoms with E-state index in [1.165, 1.54) is 16.7 Å². The first-order valence-corrected chi connectivity index (χ1v) is 13.8. The minimum absolute atomic E-state index is 0.287. The molecule has 7 heteroatoms. The highest BCUT2D eigenvalue weighted by atomic mass is 32.2. The van der Waals surface area contributed by atoms with E-state index >= 15 is 0 Å². The SMILES string of the molecule is CCOc1cccc(C2(CNS(N)(=O)=O)CCC(NCc3ccc(-c4ccccc4)cc3)CC2)c1. The molecule has 1 aliphatic carbocycles. The second kappa shape index (κ2) is 11.4. The Hall–Kier alpha value is -2.71. The Bertz CT molecular complexity index is 1190. The number of rotatable bonds is 10. The second-order valence-electron chi connectivity index (χ2n) is 9.33. The molecule has 0 saturated heterocycles. The van der Waals surface area contributed by atoms with Crippen molar-refractivity contribution in [1.29, 1.82) is 0 Å². The molecule has 4 N–H and O–H groups in total. The van der Waals surface area contributed by atoms with Crippen molar-refractivity contribution >= 4 is 10.2 Å². The zero-order valence-electron chi connectivity index (χ0n) is 20.2. The monoisotopic (exact) mass is 493 g/mol. The molecule has 0 atom stereocenters. The molecule has 0 aromatic heterocycles. The summed E-state index contributed by atoms with van der Waals surface area (Å²) in [4.78, 5) is 0. The Morgan fingerprint density at radius 1 is 0.943 bits per heavy atom. The summed E-state index contributed by atoms with van der Waals surface area (Å²) >= 11 is 0. The van der Waals surface area contributed by atoms with Gasteiger partial charge in [0.15, 0.2) is 0 Å². The van der Waals surface area contributed by atoms with Gasteiger partial charge in [-0.15, -0.1) is 0 Å². The molecule has 3 aromatic carbocycles. The van der Waals surface area contributed by atoms with Crippen LogP contribution in [0.15, 0.2) is 78.9 Å². The number of nitrogens with one attached hydrogen (secondary N) is 2. The first kappa shape index (κ1) is 25.4. The van der Waals surface area contributed by atoms with Crippen molar-refractivity contribution in [3.8, 4) is 16.9 Å². The van der Waals surface area contributed by atoms with E-state index in [2.05, 4.69) is 64.6 Å². The molecule has 0 radical (unpaired) electrons.